The van der Waals surface area contributed by atoms with Gasteiger partial charge in [-0.25, -0.2) is 8.42 Å². The number of nitrogens with zero attached hydrogens (tertiary/aromatic N) is 1. The summed E-state index contributed by atoms with van der Waals surface area (Å²) in [6.07, 6.45) is 0. The molecule has 1 heterocycles. The van der Waals surface area contributed by atoms with E-state index in [1.165, 1.54) is 10.4 Å². The van der Waals surface area contributed by atoms with Gasteiger partial charge < -0.3 is 10.1 Å². The molecule has 1 aliphatic heterocycles. The standard InChI is InChI=1S/C20H24N2O4S/c1-14-4-7-18(16(3)12-14)21-20(23)17-6-5-15(2)19(13-17)27(24,25)22-8-10-26-11-9-22/h4-7,12-13H,8-11H2,1-3H3,(H,21,23). The van der Waals surface area contributed by atoms with E-state index in [4.69, 9.17) is 4.74 Å². The van der Waals surface area contributed by atoms with Gasteiger partial charge in [0.25, 0.3) is 5.91 Å². The molecule has 1 saturated heterocycles. The average molecular weight is 388 g/mol. The van der Waals surface area contributed by atoms with Gasteiger partial charge in [0.15, 0.2) is 0 Å². The Kier molecular flexibility index (Phi) is 5.64. The summed E-state index contributed by atoms with van der Waals surface area (Å²) in [7, 11) is -3.66. The molecule has 144 valence electrons. The van der Waals surface area contributed by atoms with Crippen LogP contribution in [0.3, 0.4) is 0 Å². The lowest BCUT2D eigenvalue weighted by Crippen LogP contribution is -2.40. The topological polar surface area (TPSA) is 75.7 Å². The van der Waals surface area contributed by atoms with Crippen LogP contribution in [-0.4, -0.2) is 44.9 Å². The Balaban J connectivity index is 1.89. The molecule has 1 fully saturated rings. The number of hydrogen-bond acceptors (Lipinski definition) is 4. The maximum absolute atomic E-state index is 13.0. The normalized spacial score (nSPS) is 15.5. The van der Waals surface area contributed by atoms with Gasteiger partial charge in [-0.05, 0) is 50.1 Å². The van der Waals surface area contributed by atoms with Crippen LogP contribution in [0.1, 0.15) is 27.0 Å². The number of anilines is 1. The van der Waals surface area contributed by atoms with Gasteiger partial charge in [-0.15, -0.1) is 0 Å². The first-order chi connectivity index (χ1) is 12.8. The lowest BCUT2D eigenvalue weighted by molar-refractivity contribution is 0.0730. The fraction of sp³-hybridized carbons (Fsp3) is 0.350. The molecular formula is C20H24N2O4S. The minimum atomic E-state index is -3.66. The molecule has 3 rings (SSSR count). The molecule has 0 unspecified atom stereocenters. The fourth-order valence-electron chi connectivity index (χ4n) is 3.09. The van der Waals surface area contributed by atoms with Crippen molar-refractivity contribution in [1.29, 1.82) is 0 Å². The number of ether oxygens (including phenoxy) is 1. The zero-order chi connectivity index (χ0) is 19.6. The molecular weight excluding hydrogens is 364 g/mol. The van der Waals surface area contributed by atoms with Crippen molar-refractivity contribution in [2.75, 3.05) is 31.6 Å². The van der Waals surface area contributed by atoms with Crippen molar-refractivity contribution in [3.8, 4) is 0 Å². The fourth-order valence-corrected chi connectivity index (χ4v) is 4.75. The second kappa shape index (κ2) is 7.80. The van der Waals surface area contributed by atoms with E-state index >= 15 is 0 Å². The maximum Gasteiger partial charge on any atom is 0.255 e. The van der Waals surface area contributed by atoms with Gasteiger partial charge in [0.2, 0.25) is 10.0 Å². The van der Waals surface area contributed by atoms with Crippen LogP contribution in [0, 0.1) is 20.8 Å². The molecule has 27 heavy (non-hydrogen) atoms. The van der Waals surface area contributed by atoms with Crippen molar-refractivity contribution in [2.45, 2.75) is 25.7 Å². The molecule has 0 bridgehead atoms. The average Bonchev–Trinajstić information content (AvgIpc) is 2.65. The van der Waals surface area contributed by atoms with E-state index in [1.807, 2.05) is 32.0 Å². The van der Waals surface area contributed by atoms with Crippen LogP contribution in [0.15, 0.2) is 41.3 Å². The van der Waals surface area contributed by atoms with Gasteiger partial charge in [-0.2, -0.15) is 4.31 Å². The largest absolute Gasteiger partial charge is 0.379 e. The third kappa shape index (κ3) is 4.21. The van der Waals surface area contributed by atoms with Crippen molar-refractivity contribution in [3.05, 3.63) is 58.7 Å². The van der Waals surface area contributed by atoms with E-state index < -0.39 is 10.0 Å². The molecule has 0 aliphatic carbocycles. The number of benzene rings is 2. The van der Waals surface area contributed by atoms with Gasteiger partial charge in [-0.3, -0.25) is 4.79 Å². The summed E-state index contributed by atoms with van der Waals surface area (Å²) in [4.78, 5) is 12.8. The summed E-state index contributed by atoms with van der Waals surface area (Å²) in [5, 5.41) is 2.86. The lowest BCUT2D eigenvalue weighted by Gasteiger charge is -2.26. The zero-order valence-electron chi connectivity index (χ0n) is 15.8. The number of rotatable bonds is 4. The maximum atomic E-state index is 13.0. The third-order valence-corrected chi connectivity index (χ3v) is 6.71. The number of hydrogen-bond donors (Lipinski definition) is 1. The smallest absolute Gasteiger partial charge is 0.255 e. The summed E-state index contributed by atoms with van der Waals surface area (Å²) in [6, 6.07) is 10.5. The Morgan fingerprint density at radius 2 is 1.70 bits per heavy atom. The van der Waals surface area contributed by atoms with E-state index in [-0.39, 0.29) is 10.8 Å². The number of sulfonamides is 1. The van der Waals surface area contributed by atoms with Crippen LogP contribution in [0.2, 0.25) is 0 Å². The molecule has 0 spiro atoms. The first-order valence-corrected chi connectivity index (χ1v) is 10.3. The van der Waals surface area contributed by atoms with Crippen molar-refractivity contribution in [3.63, 3.8) is 0 Å². The Morgan fingerprint density at radius 1 is 1.00 bits per heavy atom. The van der Waals surface area contributed by atoms with Crippen LogP contribution >= 0.6 is 0 Å². The highest BCUT2D eigenvalue weighted by Crippen LogP contribution is 2.23. The minimum Gasteiger partial charge on any atom is -0.379 e. The van der Waals surface area contributed by atoms with Crippen molar-refractivity contribution < 1.29 is 17.9 Å². The molecule has 2 aromatic rings. The molecule has 1 aliphatic rings. The van der Waals surface area contributed by atoms with E-state index in [0.29, 0.717) is 43.1 Å². The first-order valence-electron chi connectivity index (χ1n) is 8.86. The Bertz CT molecular complexity index is 964. The predicted molar refractivity (Wildman–Crippen MR) is 105 cm³/mol. The third-order valence-electron chi connectivity index (χ3n) is 4.67. The predicted octanol–water partition coefficient (Wildman–Crippen LogP) is 2.89. The van der Waals surface area contributed by atoms with Crippen LogP contribution in [0.25, 0.3) is 0 Å². The van der Waals surface area contributed by atoms with Crippen molar-refractivity contribution in [2.24, 2.45) is 0 Å². The van der Waals surface area contributed by atoms with E-state index in [1.54, 1.807) is 19.1 Å². The second-order valence-corrected chi connectivity index (χ2v) is 8.68. The minimum absolute atomic E-state index is 0.165. The van der Waals surface area contributed by atoms with E-state index in [9.17, 15) is 13.2 Å². The van der Waals surface area contributed by atoms with E-state index in [0.717, 1.165) is 11.1 Å². The Morgan fingerprint density at radius 3 is 2.37 bits per heavy atom. The highest BCUT2D eigenvalue weighted by Gasteiger charge is 2.28. The molecule has 0 atom stereocenters. The lowest BCUT2D eigenvalue weighted by atomic mass is 10.1. The number of amides is 1. The van der Waals surface area contributed by atoms with Gasteiger partial charge in [0, 0.05) is 24.3 Å². The number of morpholine rings is 1. The quantitative estimate of drug-likeness (QED) is 0.874. The highest BCUT2D eigenvalue weighted by atomic mass is 32.2. The molecule has 7 heteroatoms. The molecule has 0 aromatic heterocycles. The van der Waals surface area contributed by atoms with Crippen LogP contribution in [0.5, 0.6) is 0 Å². The van der Waals surface area contributed by atoms with Crippen LogP contribution in [0.4, 0.5) is 5.69 Å². The second-order valence-electron chi connectivity index (χ2n) is 6.77. The molecule has 6 nitrogen and oxygen atoms in total. The van der Waals surface area contributed by atoms with Gasteiger partial charge in [-0.1, -0.05) is 23.8 Å². The van der Waals surface area contributed by atoms with Crippen molar-refractivity contribution in [1.82, 2.24) is 4.31 Å². The SMILES string of the molecule is Cc1ccc(NC(=O)c2ccc(C)c(S(=O)(=O)N3CCOCC3)c2)c(C)c1. The first kappa shape index (κ1) is 19.5. The molecule has 2 aromatic carbocycles. The Hall–Kier alpha value is -2.22. The highest BCUT2D eigenvalue weighted by molar-refractivity contribution is 7.89. The van der Waals surface area contributed by atoms with Crippen LogP contribution < -0.4 is 5.32 Å². The summed E-state index contributed by atoms with van der Waals surface area (Å²) in [5.41, 5.74) is 3.71. The molecule has 1 amide bonds. The molecule has 0 saturated carbocycles. The number of carbonyl (C=O) groups excluding carboxylic acids is 1. The number of aryl methyl sites for hydroxylation is 3. The van der Waals surface area contributed by atoms with Gasteiger partial charge >= 0.3 is 0 Å². The van der Waals surface area contributed by atoms with Crippen LogP contribution in [-0.2, 0) is 14.8 Å². The Labute approximate surface area is 160 Å². The molecule has 1 N–H and O–H groups in total. The zero-order valence-corrected chi connectivity index (χ0v) is 16.6. The van der Waals surface area contributed by atoms with E-state index in [2.05, 4.69) is 5.32 Å². The summed E-state index contributed by atoms with van der Waals surface area (Å²) in [5.74, 6) is -0.333. The molecule has 0 radical (unpaired) electrons. The number of nitrogens with one attached hydrogen (secondary N) is 1. The summed E-state index contributed by atoms with van der Waals surface area (Å²) >= 11 is 0. The monoisotopic (exact) mass is 388 g/mol. The van der Waals surface area contributed by atoms with Gasteiger partial charge in [0.1, 0.15) is 0 Å². The number of carbonyl (C=O) groups is 1. The van der Waals surface area contributed by atoms with Crippen molar-refractivity contribution >= 4 is 21.6 Å². The summed E-state index contributed by atoms with van der Waals surface area (Å²) < 4.78 is 32.6. The van der Waals surface area contributed by atoms with Gasteiger partial charge in [0.05, 0.1) is 18.1 Å². The summed E-state index contributed by atoms with van der Waals surface area (Å²) in [6.45, 7) is 7.05.